The average molecular weight is 333 g/mol. The largest absolute Gasteiger partial charge is 0.386 e. The van der Waals surface area contributed by atoms with Gasteiger partial charge < -0.3 is 9.84 Å². The van der Waals surface area contributed by atoms with E-state index in [0.29, 0.717) is 23.0 Å². The van der Waals surface area contributed by atoms with Crippen LogP contribution in [0.2, 0.25) is 0 Å². The van der Waals surface area contributed by atoms with Crippen molar-refractivity contribution in [1.82, 2.24) is 0 Å². The predicted molar refractivity (Wildman–Crippen MR) is 95.4 cm³/mol. The molecule has 23 heavy (non-hydrogen) atoms. The first-order valence-electron chi connectivity index (χ1n) is 8.91. The van der Waals surface area contributed by atoms with Crippen LogP contribution in [0.25, 0.3) is 0 Å². The summed E-state index contributed by atoms with van der Waals surface area (Å²) < 4.78 is 6.19. The number of thioether (sulfide) groups is 1. The van der Waals surface area contributed by atoms with Crippen molar-refractivity contribution in [2.45, 2.75) is 56.3 Å². The summed E-state index contributed by atoms with van der Waals surface area (Å²) in [5.41, 5.74) is 0.763. The number of ether oxygens (including phenoxy) is 1. The van der Waals surface area contributed by atoms with Crippen LogP contribution in [0.4, 0.5) is 0 Å². The van der Waals surface area contributed by atoms with E-state index < -0.39 is 5.60 Å². The highest BCUT2D eigenvalue weighted by Gasteiger charge is 2.59. The molecule has 4 aliphatic rings. The summed E-state index contributed by atoms with van der Waals surface area (Å²) in [6.45, 7) is 7.63. The molecule has 0 amide bonds. The molecule has 1 aromatic rings. The van der Waals surface area contributed by atoms with Crippen molar-refractivity contribution >= 4 is 11.8 Å². The lowest BCUT2D eigenvalue weighted by atomic mass is 9.45. The first-order chi connectivity index (χ1) is 10.9. The minimum atomic E-state index is -0.811. The van der Waals surface area contributed by atoms with Crippen LogP contribution in [0, 0.1) is 23.2 Å². The van der Waals surface area contributed by atoms with E-state index in [0.717, 1.165) is 18.4 Å². The molecule has 1 aliphatic heterocycles. The maximum atomic E-state index is 11.0. The quantitative estimate of drug-likeness (QED) is 0.903. The molecule has 2 nitrogen and oxygen atoms in total. The van der Waals surface area contributed by atoms with E-state index in [2.05, 4.69) is 26.0 Å². The highest BCUT2D eigenvalue weighted by molar-refractivity contribution is 8.00. The first kappa shape index (κ1) is 16.0. The second-order valence-electron chi connectivity index (χ2n) is 8.62. The molecule has 3 heteroatoms. The SMILES string of the molecule is CC1(C)[C@H]2C[C@@H]3S[C@H]([C@](C)(O)Cc4ccccc4)OC[C@H]3[C@@H]1C2. The van der Waals surface area contributed by atoms with Gasteiger partial charge in [-0.15, -0.1) is 11.8 Å². The van der Waals surface area contributed by atoms with Gasteiger partial charge in [-0.25, -0.2) is 0 Å². The van der Waals surface area contributed by atoms with Gasteiger partial charge >= 0.3 is 0 Å². The van der Waals surface area contributed by atoms with Crippen LogP contribution in [0.3, 0.4) is 0 Å². The fourth-order valence-electron chi connectivity index (χ4n) is 5.09. The van der Waals surface area contributed by atoms with Crippen LogP contribution >= 0.6 is 11.8 Å². The van der Waals surface area contributed by atoms with E-state index in [9.17, 15) is 5.11 Å². The maximum absolute atomic E-state index is 11.0. The summed E-state index contributed by atoms with van der Waals surface area (Å²) in [5, 5.41) is 11.7. The van der Waals surface area contributed by atoms with E-state index in [1.165, 1.54) is 18.4 Å². The first-order valence-corrected chi connectivity index (χ1v) is 9.85. The Kier molecular flexibility index (Phi) is 3.82. The summed E-state index contributed by atoms with van der Waals surface area (Å²) >= 11 is 1.90. The molecule has 3 saturated carbocycles. The molecular formula is C20H28O2S. The van der Waals surface area contributed by atoms with E-state index in [1.807, 2.05) is 36.9 Å². The standard InChI is InChI=1S/C20H28O2S/c1-19(2)14-9-16(19)15-12-22-18(23-17(15)10-14)20(3,21)11-13-7-5-4-6-8-13/h4-8,14-18,21H,9-12H2,1-3H3/t14-,15+,16+,17+,18-,20-/m1/s1. The summed E-state index contributed by atoms with van der Waals surface area (Å²) in [6.07, 6.45) is 3.35. The molecule has 6 atom stereocenters. The van der Waals surface area contributed by atoms with Crippen molar-refractivity contribution in [3.8, 4) is 0 Å². The zero-order valence-corrected chi connectivity index (χ0v) is 15.2. The molecule has 1 saturated heterocycles. The molecule has 1 N–H and O–H groups in total. The molecule has 5 rings (SSSR count). The number of aliphatic hydroxyl groups is 1. The van der Waals surface area contributed by atoms with Gasteiger partial charge in [-0.2, -0.15) is 0 Å². The Hall–Kier alpha value is -0.510. The third-order valence-corrected chi connectivity index (χ3v) is 8.49. The van der Waals surface area contributed by atoms with Gasteiger partial charge in [-0.1, -0.05) is 44.2 Å². The van der Waals surface area contributed by atoms with Crippen LogP contribution in [0.5, 0.6) is 0 Å². The van der Waals surface area contributed by atoms with E-state index in [4.69, 9.17) is 4.74 Å². The van der Waals surface area contributed by atoms with E-state index >= 15 is 0 Å². The second kappa shape index (κ2) is 5.50. The van der Waals surface area contributed by atoms with Crippen LogP contribution in [-0.2, 0) is 11.2 Å². The van der Waals surface area contributed by atoms with Crippen molar-refractivity contribution in [3.63, 3.8) is 0 Å². The molecule has 2 bridgehead atoms. The molecular weight excluding hydrogens is 304 g/mol. The van der Waals surface area contributed by atoms with Gasteiger partial charge in [0.05, 0.1) is 6.61 Å². The monoisotopic (exact) mass is 332 g/mol. The Morgan fingerprint density at radius 3 is 2.70 bits per heavy atom. The smallest absolute Gasteiger partial charge is 0.132 e. The third kappa shape index (κ3) is 2.65. The van der Waals surface area contributed by atoms with Crippen molar-refractivity contribution in [1.29, 1.82) is 0 Å². The minimum absolute atomic E-state index is 0.107. The number of hydrogen-bond acceptors (Lipinski definition) is 3. The molecule has 0 spiro atoms. The Bertz CT molecular complexity index is 568. The number of hydrogen-bond donors (Lipinski definition) is 1. The normalized spacial score (nSPS) is 40.6. The van der Waals surface area contributed by atoms with Crippen molar-refractivity contribution < 1.29 is 9.84 Å². The highest BCUT2D eigenvalue weighted by Crippen LogP contribution is 2.64. The molecule has 3 aliphatic carbocycles. The van der Waals surface area contributed by atoms with Gasteiger partial charge in [-0.3, -0.25) is 0 Å². The molecule has 0 radical (unpaired) electrons. The van der Waals surface area contributed by atoms with E-state index in [1.54, 1.807) is 0 Å². The average Bonchev–Trinajstić information content (AvgIpc) is 2.54. The Morgan fingerprint density at radius 1 is 1.26 bits per heavy atom. The molecule has 0 aromatic heterocycles. The van der Waals surface area contributed by atoms with Crippen molar-refractivity contribution in [2.24, 2.45) is 23.2 Å². The predicted octanol–water partition coefficient (Wildman–Crippen LogP) is 4.12. The Morgan fingerprint density at radius 2 is 2.00 bits per heavy atom. The van der Waals surface area contributed by atoms with Gasteiger partial charge in [0, 0.05) is 11.7 Å². The molecule has 0 unspecified atom stereocenters. The molecule has 1 heterocycles. The number of benzene rings is 1. The molecule has 1 aromatic carbocycles. The summed E-state index contributed by atoms with van der Waals surface area (Å²) in [5.74, 6) is 2.38. The number of rotatable bonds is 3. The van der Waals surface area contributed by atoms with Gasteiger partial charge in [0.15, 0.2) is 0 Å². The minimum Gasteiger partial charge on any atom is -0.386 e. The lowest BCUT2D eigenvalue weighted by molar-refractivity contribution is -0.145. The third-order valence-electron chi connectivity index (χ3n) is 6.71. The van der Waals surface area contributed by atoms with Crippen molar-refractivity contribution in [2.75, 3.05) is 6.61 Å². The zero-order chi connectivity index (χ0) is 16.2. The van der Waals surface area contributed by atoms with E-state index in [-0.39, 0.29) is 5.44 Å². The lowest BCUT2D eigenvalue weighted by Gasteiger charge is -2.64. The van der Waals surface area contributed by atoms with Crippen molar-refractivity contribution in [3.05, 3.63) is 35.9 Å². The highest BCUT2D eigenvalue weighted by atomic mass is 32.2. The van der Waals surface area contributed by atoms with Gasteiger partial charge in [-0.05, 0) is 48.5 Å². The van der Waals surface area contributed by atoms with Crippen LogP contribution in [0.15, 0.2) is 30.3 Å². The summed E-state index contributed by atoms with van der Waals surface area (Å²) in [6, 6.07) is 10.3. The van der Waals surface area contributed by atoms with Crippen LogP contribution in [-0.4, -0.2) is 28.0 Å². The Labute approximate surface area is 144 Å². The fraction of sp³-hybridized carbons (Fsp3) is 0.700. The van der Waals surface area contributed by atoms with Gasteiger partial charge in [0.25, 0.3) is 0 Å². The van der Waals surface area contributed by atoms with Crippen LogP contribution in [0.1, 0.15) is 39.2 Å². The molecule has 4 fully saturated rings. The van der Waals surface area contributed by atoms with Gasteiger partial charge in [0.1, 0.15) is 11.0 Å². The summed E-state index contributed by atoms with van der Waals surface area (Å²) in [4.78, 5) is 0. The zero-order valence-electron chi connectivity index (χ0n) is 14.4. The molecule has 126 valence electrons. The summed E-state index contributed by atoms with van der Waals surface area (Å²) in [7, 11) is 0. The lowest BCUT2D eigenvalue weighted by Crippen LogP contribution is -2.60. The maximum Gasteiger partial charge on any atom is 0.132 e. The topological polar surface area (TPSA) is 29.5 Å². The van der Waals surface area contributed by atoms with Crippen LogP contribution < -0.4 is 0 Å². The second-order valence-corrected chi connectivity index (χ2v) is 9.93. The van der Waals surface area contributed by atoms with Gasteiger partial charge in [0.2, 0.25) is 0 Å². The fourth-order valence-corrected chi connectivity index (χ4v) is 6.76. The Balaban J connectivity index is 1.44.